The molecule has 2 unspecified atom stereocenters. The minimum absolute atomic E-state index is 0.217. The van der Waals surface area contributed by atoms with Crippen molar-refractivity contribution in [2.45, 2.75) is 46.1 Å². The van der Waals surface area contributed by atoms with E-state index in [4.69, 9.17) is 0 Å². The monoisotopic (exact) mass is 255 g/mol. The van der Waals surface area contributed by atoms with Crippen LogP contribution in [0, 0.1) is 17.6 Å². The molecule has 1 aromatic rings. The first-order valence-corrected chi connectivity index (χ1v) is 6.76. The summed E-state index contributed by atoms with van der Waals surface area (Å²) in [6.07, 6.45) is 2.42. The maximum atomic E-state index is 13.6. The van der Waals surface area contributed by atoms with E-state index >= 15 is 0 Å². The van der Waals surface area contributed by atoms with Gasteiger partial charge in [-0.1, -0.05) is 26.3 Å². The summed E-state index contributed by atoms with van der Waals surface area (Å²) in [5.74, 6) is -0.616. The third kappa shape index (κ3) is 4.05. The van der Waals surface area contributed by atoms with Gasteiger partial charge in [-0.25, -0.2) is 8.78 Å². The average molecular weight is 255 g/mol. The first-order chi connectivity index (χ1) is 8.60. The van der Waals surface area contributed by atoms with Gasteiger partial charge in [-0.15, -0.1) is 0 Å². The van der Waals surface area contributed by atoms with Crippen LogP contribution in [0.5, 0.6) is 0 Å². The Bertz CT molecular complexity index is 345. The minimum Gasteiger partial charge on any atom is -0.314 e. The Morgan fingerprint density at radius 1 is 1.17 bits per heavy atom. The third-order valence-electron chi connectivity index (χ3n) is 3.48. The second kappa shape index (κ2) is 7.47. The summed E-state index contributed by atoms with van der Waals surface area (Å²) >= 11 is 0. The van der Waals surface area contributed by atoms with Crippen LogP contribution in [0.3, 0.4) is 0 Å². The summed E-state index contributed by atoms with van der Waals surface area (Å²) in [6, 6.07) is 4.34. The van der Waals surface area contributed by atoms with Crippen molar-refractivity contribution >= 4 is 0 Å². The van der Waals surface area contributed by atoms with Crippen molar-refractivity contribution in [1.29, 1.82) is 0 Å². The average Bonchev–Trinajstić information content (AvgIpc) is 2.35. The highest BCUT2D eigenvalue weighted by Gasteiger charge is 2.19. The highest BCUT2D eigenvalue weighted by molar-refractivity contribution is 5.20. The van der Waals surface area contributed by atoms with Crippen molar-refractivity contribution in [2.24, 2.45) is 5.92 Å². The predicted molar refractivity (Wildman–Crippen MR) is 71.6 cm³/mol. The van der Waals surface area contributed by atoms with E-state index in [2.05, 4.69) is 26.1 Å². The largest absolute Gasteiger partial charge is 0.314 e. The lowest BCUT2D eigenvalue weighted by atomic mass is 9.90. The summed E-state index contributed by atoms with van der Waals surface area (Å²) < 4.78 is 27.2. The van der Waals surface area contributed by atoms with Crippen LogP contribution in [0.4, 0.5) is 8.78 Å². The van der Waals surface area contributed by atoms with Gasteiger partial charge >= 0.3 is 0 Å². The van der Waals surface area contributed by atoms with Gasteiger partial charge in [0.1, 0.15) is 11.6 Å². The SMILES string of the molecule is CCCNC(C)C(CC)Cc1c(F)cccc1F. The van der Waals surface area contributed by atoms with Gasteiger partial charge in [0.05, 0.1) is 0 Å². The Kier molecular flexibility index (Phi) is 6.27. The molecule has 1 aromatic carbocycles. The van der Waals surface area contributed by atoms with E-state index in [1.54, 1.807) is 0 Å². The van der Waals surface area contributed by atoms with Gasteiger partial charge in [-0.05, 0) is 44.4 Å². The quantitative estimate of drug-likeness (QED) is 0.778. The molecule has 0 spiro atoms. The molecule has 3 heteroatoms. The second-order valence-corrected chi connectivity index (χ2v) is 4.82. The molecule has 1 nitrogen and oxygen atoms in total. The fraction of sp³-hybridized carbons (Fsp3) is 0.600. The fourth-order valence-corrected chi connectivity index (χ4v) is 2.20. The molecule has 0 aliphatic carbocycles. The summed E-state index contributed by atoms with van der Waals surface area (Å²) in [5.41, 5.74) is 0.217. The van der Waals surface area contributed by atoms with Crippen LogP contribution in [-0.4, -0.2) is 12.6 Å². The molecule has 0 radical (unpaired) electrons. The normalized spacial score (nSPS) is 14.5. The molecule has 2 atom stereocenters. The fourth-order valence-electron chi connectivity index (χ4n) is 2.20. The molecule has 0 saturated heterocycles. The molecule has 18 heavy (non-hydrogen) atoms. The number of hydrogen-bond donors (Lipinski definition) is 1. The van der Waals surface area contributed by atoms with E-state index in [1.807, 2.05) is 0 Å². The molecule has 1 N–H and O–H groups in total. The Morgan fingerprint density at radius 3 is 2.28 bits per heavy atom. The van der Waals surface area contributed by atoms with Gasteiger partial charge in [0.2, 0.25) is 0 Å². The van der Waals surface area contributed by atoms with Crippen LogP contribution in [-0.2, 0) is 6.42 Å². The van der Waals surface area contributed by atoms with Gasteiger partial charge in [-0.3, -0.25) is 0 Å². The third-order valence-corrected chi connectivity index (χ3v) is 3.48. The summed E-state index contributed by atoms with van der Waals surface area (Å²) in [6.45, 7) is 7.20. The topological polar surface area (TPSA) is 12.0 Å². The van der Waals surface area contributed by atoms with E-state index in [0.717, 1.165) is 19.4 Å². The molecule has 0 bridgehead atoms. The Hall–Kier alpha value is -0.960. The number of benzene rings is 1. The van der Waals surface area contributed by atoms with Crippen LogP contribution in [0.25, 0.3) is 0 Å². The number of rotatable bonds is 7. The van der Waals surface area contributed by atoms with Gasteiger partial charge in [0.25, 0.3) is 0 Å². The first-order valence-electron chi connectivity index (χ1n) is 6.76. The maximum absolute atomic E-state index is 13.6. The van der Waals surface area contributed by atoms with Gasteiger partial charge in [0, 0.05) is 11.6 Å². The Morgan fingerprint density at radius 2 is 1.78 bits per heavy atom. The molecular weight excluding hydrogens is 232 g/mol. The van der Waals surface area contributed by atoms with Gasteiger partial charge in [0.15, 0.2) is 0 Å². The molecule has 0 aliphatic heterocycles. The zero-order chi connectivity index (χ0) is 13.5. The Labute approximate surface area is 109 Å². The second-order valence-electron chi connectivity index (χ2n) is 4.82. The van der Waals surface area contributed by atoms with Gasteiger partial charge in [-0.2, -0.15) is 0 Å². The summed E-state index contributed by atoms with van der Waals surface area (Å²) in [5, 5.41) is 3.40. The van der Waals surface area contributed by atoms with Crippen LogP contribution < -0.4 is 5.32 Å². The molecule has 0 aliphatic rings. The van der Waals surface area contributed by atoms with E-state index in [-0.39, 0.29) is 17.5 Å². The first kappa shape index (κ1) is 15.1. The molecular formula is C15H23F2N. The van der Waals surface area contributed by atoms with E-state index in [0.29, 0.717) is 6.42 Å². The van der Waals surface area contributed by atoms with E-state index < -0.39 is 11.6 Å². The summed E-state index contributed by atoms with van der Waals surface area (Å²) in [4.78, 5) is 0. The van der Waals surface area contributed by atoms with Gasteiger partial charge < -0.3 is 5.32 Å². The molecule has 0 amide bonds. The van der Waals surface area contributed by atoms with Crippen molar-refractivity contribution in [3.05, 3.63) is 35.4 Å². The molecule has 0 saturated carbocycles. The standard InChI is InChI=1S/C15H23F2N/c1-4-9-18-11(3)12(5-2)10-13-14(16)7-6-8-15(13)17/h6-8,11-12,18H,4-5,9-10H2,1-3H3. The smallest absolute Gasteiger partial charge is 0.129 e. The molecule has 0 fully saturated rings. The van der Waals surface area contributed by atoms with Crippen LogP contribution in [0.15, 0.2) is 18.2 Å². The number of nitrogens with one attached hydrogen (secondary N) is 1. The van der Waals surface area contributed by atoms with E-state index in [9.17, 15) is 8.78 Å². The zero-order valence-electron chi connectivity index (χ0n) is 11.5. The Balaban J connectivity index is 2.73. The zero-order valence-corrected chi connectivity index (χ0v) is 11.5. The molecule has 102 valence electrons. The molecule has 1 rings (SSSR count). The number of hydrogen-bond acceptors (Lipinski definition) is 1. The van der Waals surface area contributed by atoms with Crippen LogP contribution >= 0.6 is 0 Å². The van der Waals surface area contributed by atoms with Crippen molar-refractivity contribution in [3.63, 3.8) is 0 Å². The lowest BCUT2D eigenvalue weighted by Gasteiger charge is -2.24. The highest BCUT2D eigenvalue weighted by atomic mass is 19.1. The predicted octanol–water partition coefficient (Wildman–Crippen LogP) is 3.92. The molecule has 0 aromatic heterocycles. The summed E-state index contributed by atoms with van der Waals surface area (Å²) in [7, 11) is 0. The lowest BCUT2D eigenvalue weighted by molar-refractivity contribution is 0.353. The van der Waals surface area contributed by atoms with E-state index in [1.165, 1.54) is 18.2 Å². The lowest BCUT2D eigenvalue weighted by Crippen LogP contribution is -2.35. The highest BCUT2D eigenvalue weighted by Crippen LogP contribution is 2.21. The van der Waals surface area contributed by atoms with Crippen molar-refractivity contribution in [1.82, 2.24) is 5.32 Å². The van der Waals surface area contributed by atoms with Crippen molar-refractivity contribution in [3.8, 4) is 0 Å². The van der Waals surface area contributed by atoms with Crippen molar-refractivity contribution < 1.29 is 8.78 Å². The minimum atomic E-state index is -0.434. The van der Waals surface area contributed by atoms with Crippen molar-refractivity contribution in [2.75, 3.05) is 6.54 Å². The maximum Gasteiger partial charge on any atom is 0.129 e. The van der Waals surface area contributed by atoms with Crippen LogP contribution in [0.1, 0.15) is 39.2 Å². The van der Waals surface area contributed by atoms with Crippen LogP contribution in [0.2, 0.25) is 0 Å². The number of halogens is 2. The molecule has 0 heterocycles.